The molecule has 34 heavy (non-hydrogen) atoms. The lowest BCUT2D eigenvalue weighted by atomic mass is 9.95. The van der Waals surface area contributed by atoms with Gasteiger partial charge in [0.15, 0.2) is 0 Å². The molecule has 4 aliphatic rings. The summed E-state index contributed by atoms with van der Waals surface area (Å²) < 4.78 is 1.89. The molecule has 2 saturated heterocycles. The molecule has 7 nitrogen and oxygen atoms in total. The highest BCUT2D eigenvalue weighted by Crippen LogP contribution is 2.44. The fourth-order valence-corrected chi connectivity index (χ4v) is 7.06. The summed E-state index contributed by atoms with van der Waals surface area (Å²) in [6, 6.07) is 2.06. The van der Waals surface area contributed by atoms with E-state index in [9.17, 15) is 4.79 Å². The highest BCUT2D eigenvalue weighted by molar-refractivity contribution is 7.51. The van der Waals surface area contributed by atoms with Crippen molar-refractivity contribution in [3.8, 4) is 0 Å². The Morgan fingerprint density at radius 2 is 1.91 bits per heavy atom. The number of piperidine rings is 1. The van der Waals surface area contributed by atoms with E-state index in [1.165, 1.54) is 51.0 Å². The minimum absolute atomic E-state index is 0.0487. The molecule has 0 bridgehead atoms. The van der Waals surface area contributed by atoms with Crippen molar-refractivity contribution in [2.45, 2.75) is 45.3 Å². The first-order valence-corrected chi connectivity index (χ1v) is 13.6. The second-order valence-corrected chi connectivity index (χ2v) is 11.5. The minimum atomic E-state index is 0.0487. The lowest BCUT2D eigenvalue weighted by molar-refractivity contribution is -0.123. The average Bonchev–Trinajstić information content (AvgIpc) is 3.49. The number of carbonyl (C=O) groups excluding carboxylic acids is 1. The predicted octanol–water partition coefficient (Wildman–Crippen LogP) is 3.75. The molecule has 8 heteroatoms. The Kier molecular flexibility index (Phi) is 5.78. The molecule has 2 unspecified atom stereocenters. The van der Waals surface area contributed by atoms with Crippen LogP contribution in [0, 0.1) is 19.8 Å². The number of amides is 1. The molecular weight excluding hydrogens is 443 g/mol. The van der Waals surface area contributed by atoms with Gasteiger partial charge in [-0.2, -0.15) is 5.10 Å². The van der Waals surface area contributed by atoms with Gasteiger partial charge in [0.2, 0.25) is 0 Å². The van der Waals surface area contributed by atoms with E-state index in [4.69, 9.17) is 5.10 Å². The van der Waals surface area contributed by atoms with Gasteiger partial charge in [0, 0.05) is 37.2 Å². The van der Waals surface area contributed by atoms with Crippen molar-refractivity contribution in [1.29, 1.82) is 0 Å². The summed E-state index contributed by atoms with van der Waals surface area (Å²) in [6.45, 7) is 9.98. The van der Waals surface area contributed by atoms with Crippen LogP contribution in [-0.4, -0.2) is 73.7 Å². The molecule has 6 rings (SSSR count). The van der Waals surface area contributed by atoms with Crippen molar-refractivity contribution in [3.05, 3.63) is 59.5 Å². The molecule has 2 aromatic rings. The summed E-state index contributed by atoms with van der Waals surface area (Å²) in [5, 5.41) is 5.78. The fourth-order valence-electron chi connectivity index (χ4n) is 5.73. The third kappa shape index (κ3) is 4.20. The van der Waals surface area contributed by atoms with Gasteiger partial charge in [0.25, 0.3) is 5.91 Å². The summed E-state index contributed by atoms with van der Waals surface area (Å²) >= 11 is 0. The predicted molar refractivity (Wildman–Crippen MR) is 137 cm³/mol. The molecule has 4 aliphatic heterocycles. The lowest BCUT2D eigenvalue weighted by Crippen LogP contribution is -2.41. The summed E-state index contributed by atoms with van der Waals surface area (Å²) in [7, 11) is 0.476. The molecular formula is C26H33N6OP. The van der Waals surface area contributed by atoms with E-state index >= 15 is 0 Å². The van der Waals surface area contributed by atoms with Crippen LogP contribution in [0.4, 0.5) is 0 Å². The fraction of sp³-hybridized carbons (Fsp3) is 0.500. The van der Waals surface area contributed by atoms with E-state index in [0.717, 1.165) is 46.9 Å². The van der Waals surface area contributed by atoms with Gasteiger partial charge in [-0.05, 0) is 70.7 Å². The molecule has 6 heterocycles. The monoisotopic (exact) mass is 476 g/mol. The van der Waals surface area contributed by atoms with E-state index < -0.39 is 0 Å². The molecule has 178 valence electrons. The van der Waals surface area contributed by atoms with Crippen molar-refractivity contribution in [1.82, 2.24) is 29.3 Å². The number of likely N-dealkylation sites (tertiary alicyclic amines) is 2. The van der Waals surface area contributed by atoms with Gasteiger partial charge in [-0.15, -0.1) is 0 Å². The lowest BCUT2D eigenvalue weighted by Gasteiger charge is -2.39. The molecule has 0 aromatic carbocycles. The molecule has 0 saturated carbocycles. The Morgan fingerprint density at radius 3 is 2.71 bits per heavy atom. The number of carbonyl (C=O) groups is 1. The number of aryl methyl sites for hydroxylation is 2. The van der Waals surface area contributed by atoms with Gasteiger partial charge in [-0.1, -0.05) is 14.7 Å². The van der Waals surface area contributed by atoms with Crippen molar-refractivity contribution >= 4 is 25.3 Å². The molecule has 0 spiro atoms. The van der Waals surface area contributed by atoms with Gasteiger partial charge in [0.05, 0.1) is 40.3 Å². The van der Waals surface area contributed by atoms with Crippen LogP contribution in [0.15, 0.2) is 42.4 Å². The van der Waals surface area contributed by atoms with E-state index in [2.05, 4.69) is 39.2 Å². The Labute approximate surface area is 203 Å². The summed E-state index contributed by atoms with van der Waals surface area (Å²) in [4.78, 5) is 24.7. The zero-order chi connectivity index (χ0) is 23.2. The van der Waals surface area contributed by atoms with Crippen LogP contribution in [0.25, 0.3) is 10.8 Å². The molecule has 2 atom stereocenters. The summed E-state index contributed by atoms with van der Waals surface area (Å²) in [5.41, 5.74) is 4.95. The smallest absolute Gasteiger partial charge is 0.252 e. The van der Waals surface area contributed by atoms with Crippen LogP contribution in [0.2, 0.25) is 0 Å². The normalized spacial score (nSPS) is 24.8. The van der Waals surface area contributed by atoms with Crippen LogP contribution < -0.4 is 0 Å². The third-order valence-corrected chi connectivity index (χ3v) is 9.05. The van der Waals surface area contributed by atoms with Crippen LogP contribution in [0.5, 0.6) is 0 Å². The second kappa shape index (κ2) is 8.94. The quantitative estimate of drug-likeness (QED) is 0.629. The number of allylic oxidation sites excluding steroid dienone is 1. The first-order chi connectivity index (χ1) is 16.5. The van der Waals surface area contributed by atoms with Crippen molar-refractivity contribution < 1.29 is 4.79 Å². The van der Waals surface area contributed by atoms with Crippen molar-refractivity contribution in [2.75, 3.05) is 32.7 Å². The number of nitrogens with zero attached hydrogens (tertiary/aromatic N) is 6. The van der Waals surface area contributed by atoms with E-state index in [0.29, 0.717) is 8.58 Å². The van der Waals surface area contributed by atoms with E-state index in [-0.39, 0.29) is 11.7 Å². The molecule has 0 radical (unpaired) electrons. The Balaban J connectivity index is 1.14. The second-order valence-electron chi connectivity index (χ2n) is 10.1. The zero-order valence-electron chi connectivity index (χ0n) is 20.1. The first kappa shape index (κ1) is 22.0. The van der Waals surface area contributed by atoms with Crippen LogP contribution >= 0.6 is 8.58 Å². The van der Waals surface area contributed by atoms with Crippen LogP contribution in [0.3, 0.4) is 0 Å². The van der Waals surface area contributed by atoms with Crippen LogP contribution in [0.1, 0.15) is 42.8 Å². The molecule has 1 amide bonds. The van der Waals surface area contributed by atoms with Gasteiger partial charge in [0.1, 0.15) is 0 Å². The third-order valence-electron chi connectivity index (χ3n) is 7.58. The zero-order valence-corrected chi connectivity index (χ0v) is 21.1. The van der Waals surface area contributed by atoms with Crippen molar-refractivity contribution in [3.63, 3.8) is 0 Å². The molecule has 2 fully saturated rings. The maximum Gasteiger partial charge on any atom is 0.252 e. The van der Waals surface area contributed by atoms with Gasteiger partial charge >= 0.3 is 0 Å². The highest BCUT2D eigenvalue weighted by atomic mass is 31.1. The topological polar surface area (TPSA) is 57.0 Å². The first-order valence-electron chi connectivity index (χ1n) is 12.6. The number of hydrogen-bond acceptors (Lipinski definition) is 5. The van der Waals surface area contributed by atoms with Gasteiger partial charge in [-0.3, -0.25) is 9.78 Å². The molecule has 2 aromatic heterocycles. The number of hydrogen-bond donors (Lipinski definition) is 0. The maximum absolute atomic E-state index is 13.1. The van der Waals surface area contributed by atoms with Crippen molar-refractivity contribution in [2.24, 2.45) is 5.92 Å². The van der Waals surface area contributed by atoms with E-state index in [1.54, 1.807) is 6.08 Å². The van der Waals surface area contributed by atoms with E-state index in [1.807, 2.05) is 29.5 Å². The Hall–Kier alpha value is -2.50. The summed E-state index contributed by atoms with van der Waals surface area (Å²) in [6.07, 6.45) is 15.5. The Morgan fingerprint density at radius 1 is 1.12 bits per heavy atom. The molecule has 0 aliphatic carbocycles. The standard InChI is InChI=1S/C26H33N6OP/c1-18-15-32-23(19(2)27-18)13-22(28-32)24-14-25(33)31-17-21(5-6-26(31)34-24)30-11-7-20(8-12-30)16-29-9-3-4-10-29/h5-6,13-15,17,20,26,34H,3-4,7-12,16H2,1-2H3. The largest absolute Gasteiger partial charge is 0.370 e. The van der Waals surface area contributed by atoms with Gasteiger partial charge in [-0.25, -0.2) is 4.52 Å². The van der Waals surface area contributed by atoms with Gasteiger partial charge < -0.3 is 14.7 Å². The number of fused-ring (bicyclic) bond motifs is 2. The summed E-state index contributed by atoms with van der Waals surface area (Å²) in [5.74, 6) is 0.939. The average molecular weight is 477 g/mol. The Bertz CT molecular complexity index is 1200. The number of rotatable bonds is 4. The van der Waals surface area contributed by atoms with Crippen LogP contribution in [-0.2, 0) is 4.79 Å². The minimum Gasteiger partial charge on any atom is -0.370 e. The maximum atomic E-state index is 13.1. The number of aromatic nitrogens is 3. The molecule has 0 N–H and O–H groups in total. The highest BCUT2D eigenvalue weighted by Gasteiger charge is 2.31. The SMILES string of the molecule is Cc1cn2nc(C3=CC(=O)N4C=C(N5CCC(CN6CCCC6)CC5)C=CC4P3)cc2c(C)n1.